The van der Waals surface area contributed by atoms with Crippen molar-refractivity contribution in [2.75, 3.05) is 32.7 Å². The van der Waals surface area contributed by atoms with Crippen LogP contribution in [0.1, 0.15) is 41.8 Å². The molecule has 3 rings (SSSR count). The third-order valence-electron chi connectivity index (χ3n) is 5.49. The van der Waals surface area contributed by atoms with Gasteiger partial charge in [0.2, 0.25) is 5.91 Å². The quantitative estimate of drug-likeness (QED) is 0.751. The highest BCUT2D eigenvalue weighted by Crippen LogP contribution is 2.15. The number of aromatic nitrogens is 1. The van der Waals surface area contributed by atoms with Crippen LogP contribution in [0.2, 0.25) is 0 Å². The standard InChI is InChI=1S/C22H31N3O2/c1-18-21(19(2)27-23-18)11-12-22(26)25-15-7-14-24(16-17-25)13-6-10-20-8-4-3-5-9-20/h3-5,8-9H,6-7,10-17H2,1-2H3. The predicted molar refractivity (Wildman–Crippen MR) is 107 cm³/mol. The van der Waals surface area contributed by atoms with Gasteiger partial charge in [-0.25, -0.2) is 0 Å². The second kappa shape index (κ2) is 9.70. The van der Waals surface area contributed by atoms with Gasteiger partial charge in [0.15, 0.2) is 0 Å². The summed E-state index contributed by atoms with van der Waals surface area (Å²) in [6.07, 6.45) is 4.61. The number of hydrogen-bond acceptors (Lipinski definition) is 4. The second-order valence-electron chi connectivity index (χ2n) is 7.47. The second-order valence-corrected chi connectivity index (χ2v) is 7.47. The van der Waals surface area contributed by atoms with Crippen LogP contribution in [-0.2, 0) is 17.6 Å². The van der Waals surface area contributed by atoms with Gasteiger partial charge in [0.05, 0.1) is 5.69 Å². The number of amides is 1. The van der Waals surface area contributed by atoms with Crippen LogP contribution >= 0.6 is 0 Å². The third kappa shape index (κ3) is 5.67. The molecule has 1 amide bonds. The molecular weight excluding hydrogens is 338 g/mol. The summed E-state index contributed by atoms with van der Waals surface area (Å²) in [5.41, 5.74) is 3.39. The van der Waals surface area contributed by atoms with E-state index in [1.165, 1.54) is 12.0 Å². The molecule has 1 aliphatic rings. The van der Waals surface area contributed by atoms with Crippen molar-refractivity contribution in [1.29, 1.82) is 0 Å². The molecule has 1 saturated heterocycles. The summed E-state index contributed by atoms with van der Waals surface area (Å²) >= 11 is 0. The van der Waals surface area contributed by atoms with Crippen molar-refractivity contribution in [3.63, 3.8) is 0 Å². The van der Waals surface area contributed by atoms with E-state index in [2.05, 4.69) is 40.4 Å². The maximum Gasteiger partial charge on any atom is 0.222 e. The van der Waals surface area contributed by atoms with E-state index in [0.29, 0.717) is 6.42 Å². The fourth-order valence-electron chi connectivity index (χ4n) is 3.84. The van der Waals surface area contributed by atoms with Crippen LogP contribution < -0.4 is 0 Å². The van der Waals surface area contributed by atoms with Crippen molar-refractivity contribution in [1.82, 2.24) is 15.0 Å². The highest BCUT2D eigenvalue weighted by atomic mass is 16.5. The largest absolute Gasteiger partial charge is 0.361 e. The van der Waals surface area contributed by atoms with Crippen molar-refractivity contribution >= 4 is 5.91 Å². The number of carbonyl (C=O) groups excluding carboxylic acids is 1. The van der Waals surface area contributed by atoms with E-state index in [1.807, 2.05) is 18.7 Å². The van der Waals surface area contributed by atoms with Crippen molar-refractivity contribution in [2.45, 2.75) is 46.0 Å². The molecule has 0 bridgehead atoms. The molecule has 5 nitrogen and oxygen atoms in total. The molecule has 1 fully saturated rings. The van der Waals surface area contributed by atoms with Gasteiger partial charge in [-0.1, -0.05) is 35.5 Å². The summed E-state index contributed by atoms with van der Waals surface area (Å²) in [4.78, 5) is 17.2. The van der Waals surface area contributed by atoms with Crippen LogP contribution in [0.25, 0.3) is 0 Å². The van der Waals surface area contributed by atoms with E-state index >= 15 is 0 Å². The van der Waals surface area contributed by atoms with Crippen LogP contribution in [0, 0.1) is 13.8 Å². The SMILES string of the molecule is Cc1noc(C)c1CCC(=O)N1CCCN(CCCc2ccccc2)CC1. The van der Waals surface area contributed by atoms with Crippen molar-refractivity contribution < 1.29 is 9.32 Å². The van der Waals surface area contributed by atoms with Gasteiger partial charge in [-0.15, -0.1) is 0 Å². The first-order chi connectivity index (χ1) is 13.1. The summed E-state index contributed by atoms with van der Waals surface area (Å²) in [7, 11) is 0. The summed E-state index contributed by atoms with van der Waals surface area (Å²) in [6.45, 7) is 8.74. The maximum atomic E-state index is 12.6. The average molecular weight is 370 g/mol. The van der Waals surface area contributed by atoms with Gasteiger partial charge in [-0.05, 0) is 58.2 Å². The summed E-state index contributed by atoms with van der Waals surface area (Å²) in [5, 5.41) is 3.98. The van der Waals surface area contributed by atoms with E-state index in [-0.39, 0.29) is 5.91 Å². The Morgan fingerprint density at radius 3 is 2.63 bits per heavy atom. The Balaban J connectivity index is 1.40. The zero-order chi connectivity index (χ0) is 19.1. The molecule has 0 saturated carbocycles. The highest BCUT2D eigenvalue weighted by Gasteiger charge is 2.20. The number of nitrogens with zero attached hydrogens (tertiary/aromatic N) is 3. The van der Waals surface area contributed by atoms with E-state index in [0.717, 1.165) is 69.0 Å². The van der Waals surface area contributed by atoms with Gasteiger partial charge in [-0.3, -0.25) is 4.79 Å². The minimum absolute atomic E-state index is 0.251. The highest BCUT2D eigenvalue weighted by molar-refractivity contribution is 5.76. The minimum Gasteiger partial charge on any atom is -0.361 e. The molecule has 0 radical (unpaired) electrons. The van der Waals surface area contributed by atoms with Gasteiger partial charge in [0.1, 0.15) is 5.76 Å². The zero-order valence-corrected chi connectivity index (χ0v) is 16.6. The monoisotopic (exact) mass is 369 g/mol. The van der Waals surface area contributed by atoms with Crippen LogP contribution in [0.4, 0.5) is 0 Å². The topological polar surface area (TPSA) is 49.6 Å². The van der Waals surface area contributed by atoms with Crippen molar-refractivity contribution in [2.24, 2.45) is 0 Å². The smallest absolute Gasteiger partial charge is 0.222 e. The molecule has 1 aliphatic heterocycles. The number of benzene rings is 1. The molecule has 146 valence electrons. The number of carbonyl (C=O) groups is 1. The van der Waals surface area contributed by atoms with Crippen LogP contribution in [0.5, 0.6) is 0 Å². The normalized spacial score (nSPS) is 15.7. The fourth-order valence-corrected chi connectivity index (χ4v) is 3.84. The zero-order valence-electron chi connectivity index (χ0n) is 16.6. The molecule has 0 atom stereocenters. The van der Waals surface area contributed by atoms with Gasteiger partial charge in [-0.2, -0.15) is 0 Å². The van der Waals surface area contributed by atoms with E-state index in [9.17, 15) is 4.79 Å². The molecule has 0 aliphatic carbocycles. The lowest BCUT2D eigenvalue weighted by atomic mass is 10.1. The Hall–Kier alpha value is -2.14. The molecule has 1 aromatic heterocycles. The molecule has 2 heterocycles. The van der Waals surface area contributed by atoms with E-state index in [1.54, 1.807) is 0 Å². The van der Waals surface area contributed by atoms with Gasteiger partial charge >= 0.3 is 0 Å². The fraction of sp³-hybridized carbons (Fsp3) is 0.545. The first-order valence-electron chi connectivity index (χ1n) is 10.1. The Labute approximate surface area is 162 Å². The molecule has 5 heteroatoms. The van der Waals surface area contributed by atoms with Crippen LogP contribution in [0.3, 0.4) is 0 Å². The summed E-state index contributed by atoms with van der Waals surface area (Å²) < 4.78 is 5.19. The van der Waals surface area contributed by atoms with Crippen molar-refractivity contribution in [3.8, 4) is 0 Å². The Morgan fingerprint density at radius 2 is 1.89 bits per heavy atom. The average Bonchev–Trinajstić information content (AvgIpc) is 2.87. The molecular formula is C22H31N3O2. The van der Waals surface area contributed by atoms with E-state index < -0.39 is 0 Å². The molecule has 27 heavy (non-hydrogen) atoms. The Bertz CT molecular complexity index is 707. The van der Waals surface area contributed by atoms with Crippen molar-refractivity contribution in [3.05, 3.63) is 52.9 Å². The summed E-state index contributed by atoms with van der Waals surface area (Å²) in [5.74, 6) is 1.09. The first kappa shape index (κ1) is 19.6. The van der Waals surface area contributed by atoms with Gasteiger partial charge < -0.3 is 14.3 Å². The minimum atomic E-state index is 0.251. The lowest BCUT2D eigenvalue weighted by molar-refractivity contribution is -0.131. The number of rotatable bonds is 7. The Morgan fingerprint density at radius 1 is 1.07 bits per heavy atom. The maximum absolute atomic E-state index is 12.6. The molecule has 0 spiro atoms. The van der Waals surface area contributed by atoms with E-state index in [4.69, 9.17) is 4.52 Å². The lowest BCUT2D eigenvalue weighted by Crippen LogP contribution is -2.35. The number of aryl methyl sites for hydroxylation is 3. The summed E-state index contributed by atoms with van der Waals surface area (Å²) in [6, 6.07) is 10.7. The third-order valence-corrected chi connectivity index (χ3v) is 5.49. The van der Waals surface area contributed by atoms with Crippen LogP contribution in [-0.4, -0.2) is 53.6 Å². The first-order valence-corrected chi connectivity index (χ1v) is 10.1. The molecule has 1 aromatic carbocycles. The van der Waals surface area contributed by atoms with Gasteiger partial charge in [0, 0.05) is 31.6 Å². The lowest BCUT2D eigenvalue weighted by Gasteiger charge is -2.22. The number of hydrogen-bond donors (Lipinski definition) is 0. The molecule has 2 aromatic rings. The van der Waals surface area contributed by atoms with Crippen LogP contribution in [0.15, 0.2) is 34.9 Å². The molecule has 0 N–H and O–H groups in total. The van der Waals surface area contributed by atoms with Gasteiger partial charge in [0.25, 0.3) is 0 Å². The molecule has 0 unspecified atom stereocenters. The predicted octanol–water partition coefficient (Wildman–Crippen LogP) is 3.39. The Kier molecular flexibility index (Phi) is 7.04.